The number of hydrogen-bond acceptors (Lipinski definition) is 3. The summed E-state index contributed by atoms with van der Waals surface area (Å²) in [6, 6.07) is 4.48. The zero-order valence-electron chi connectivity index (χ0n) is 12.4. The Morgan fingerprint density at radius 3 is 2.75 bits per heavy atom. The van der Waals surface area contributed by atoms with Crippen LogP contribution in [-0.2, 0) is 13.0 Å². The molecular weight excluding hydrogens is 274 g/mol. The van der Waals surface area contributed by atoms with E-state index in [1.165, 1.54) is 5.56 Å². The van der Waals surface area contributed by atoms with E-state index in [1.807, 2.05) is 12.1 Å². The van der Waals surface area contributed by atoms with Gasteiger partial charge < -0.3 is 9.84 Å². The van der Waals surface area contributed by atoms with E-state index >= 15 is 0 Å². The van der Waals surface area contributed by atoms with Crippen LogP contribution in [0, 0.1) is 0 Å². The van der Waals surface area contributed by atoms with Crippen molar-refractivity contribution in [3.05, 3.63) is 28.3 Å². The van der Waals surface area contributed by atoms with E-state index in [0.717, 1.165) is 48.7 Å². The molecule has 1 N–H and O–H groups in total. The highest BCUT2D eigenvalue weighted by atomic mass is 35.5. The lowest BCUT2D eigenvalue weighted by atomic mass is 10.1. The van der Waals surface area contributed by atoms with Crippen molar-refractivity contribution in [3.8, 4) is 5.75 Å². The molecule has 0 fully saturated rings. The smallest absolute Gasteiger partial charge is 0.127 e. The average Bonchev–Trinajstić information content (AvgIpc) is 2.88. The van der Waals surface area contributed by atoms with E-state index in [9.17, 15) is 5.11 Å². The molecule has 0 amide bonds. The Bertz CT molecular complexity index is 446. The van der Waals surface area contributed by atoms with Gasteiger partial charge in [-0.05, 0) is 30.5 Å². The molecule has 0 bridgehead atoms. The molecule has 4 heteroatoms. The van der Waals surface area contributed by atoms with Crippen molar-refractivity contribution in [2.45, 2.75) is 45.7 Å². The average molecular weight is 298 g/mol. The van der Waals surface area contributed by atoms with Crippen LogP contribution < -0.4 is 4.74 Å². The molecule has 0 spiro atoms. The summed E-state index contributed by atoms with van der Waals surface area (Å²) in [4.78, 5) is 2.33. The van der Waals surface area contributed by atoms with E-state index in [-0.39, 0.29) is 6.61 Å². The first-order valence-electron chi connectivity index (χ1n) is 7.48. The van der Waals surface area contributed by atoms with Gasteiger partial charge in [-0.1, -0.05) is 25.4 Å². The Kier molecular flexibility index (Phi) is 5.70. The first-order valence-corrected chi connectivity index (χ1v) is 7.86. The number of hydrogen-bond donors (Lipinski definition) is 1. The van der Waals surface area contributed by atoms with Crippen molar-refractivity contribution in [1.29, 1.82) is 0 Å². The number of halogens is 1. The molecule has 0 aromatic heterocycles. The van der Waals surface area contributed by atoms with Crippen molar-refractivity contribution in [1.82, 2.24) is 4.90 Å². The molecule has 0 unspecified atom stereocenters. The molecule has 0 saturated carbocycles. The van der Waals surface area contributed by atoms with Gasteiger partial charge in [-0.2, -0.15) is 0 Å². The molecule has 0 saturated heterocycles. The number of nitrogens with zero attached hydrogens (tertiary/aromatic N) is 1. The van der Waals surface area contributed by atoms with E-state index in [4.69, 9.17) is 16.3 Å². The maximum atomic E-state index is 9.30. The molecule has 0 aliphatic carbocycles. The number of aliphatic hydroxyl groups is 1. The van der Waals surface area contributed by atoms with Gasteiger partial charge in [0, 0.05) is 36.1 Å². The van der Waals surface area contributed by atoms with Gasteiger partial charge in [0.1, 0.15) is 5.75 Å². The van der Waals surface area contributed by atoms with E-state index in [1.54, 1.807) is 0 Å². The molecular formula is C16H24ClNO2. The third-order valence-corrected chi connectivity index (χ3v) is 4.26. The lowest BCUT2D eigenvalue weighted by molar-refractivity contribution is 0.135. The Balaban J connectivity index is 2.22. The van der Waals surface area contributed by atoms with Crippen molar-refractivity contribution in [3.63, 3.8) is 0 Å². The topological polar surface area (TPSA) is 32.7 Å². The minimum absolute atomic E-state index is 0.181. The highest BCUT2D eigenvalue weighted by molar-refractivity contribution is 6.30. The molecule has 0 radical (unpaired) electrons. The second-order valence-corrected chi connectivity index (χ2v) is 5.75. The minimum atomic E-state index is 0.181. The first kappa shape index (κ1) is 15.6. The lowest BCUT2D eigenvalue weighted by Gasteiger charge is -2.30. The number of fused-ring (bicyclic) bond motifs is 1. The maximum absolute atomic E-state index is 9.30. The van der Waals surface area contributed by atoms with Gasteiger partial charge in [0.2, 0.25) is 0 Å². The predicted molar refractivity (Wildman–Crippen MR) is 82.5 cm³/mol. The van der Waals surface area contributed by atoms with E-state index in [0.29, 0.717) is 12.6 Å². The van der Waals surface area contributed by atoms with Crippen LogP contribution in [-0.4, -0.2) is 35.8 Å². The van der Waals surface area contributed by atoms with Crippen LogP contribution >= 0.6 is 11.6 Å². The second-order valence-electron chi connectivity index (χ2n) is 5.32. The summed E-state index contributed by atoms with van der Waals surface area (Å²) in [6.07, 6.45) is 3.11. The molecule has 3 nitrogen and oxygen atoms in total. The van der Waals surface area contributed by atoms with Crippen LogP contribution in [0.25, 0.3) is 0 Å². The maximum Gasteiger partial charge on any atom is 0.127 e. The van der Waals surface area contributed by atoms with Crippen LogP contribution in [0.5, 0.6) is 5.75 Å². The molecule has 2 rings (SSSR count). The number of aliphatic hydroxyl groups excluding tert-OH is 1. The van der Waals surface area contributed by atoms with E-state index < -0.39 is 0 Å². The SMILES string of the molecule is CCC(CC)N(CCO)Cc1cc(Cl)cc2c1OCC2. The third kappa shape index (κ3) is 3.46. The Hall–Kier alpha value is -0.770. The summed E-state index contributed by atoms with van der Waals surface area (Å²) in [5.74, 6) is 1.00. The van der Waals surface area contributed by atoms with Crippen molar-refractivity contribution < 1.29 is 9.84 Å². The summed E-state index contributed by atoms with van der Waals surface area (Å²) in [6.45, 7) is 6.78. The van der Waals surface area contributed by atoms with Gasteiger partial charge in [0.05, 0.1) is 13.2 Å². The molecule has 112 valence electrons. The standard InChI is InChI=1S/C16H24ClNO2/c1-3-15(4-2)18(6-7-19)11-13-10-14(17)9-12-5-8-20-16(12)13/h9-10,15,19H,3-8,11H2,1-2H3. The fourth-order valence-corrected chi connectivity index (χ4v) is 3.27. The van der Waals surface area contributed by atoms with Crippen molar-refractivity contribution >= 4 is 11.6 Å². The molecule has 1 aliphatic heterocycles. The Morgan fingerprint density at radius 2 is 2.10 bits per heavy atom. The molecule has 0 atom stereocenters. The summed E-state index contributed by atoms with van der Waals surface area (Å²) in [7, 11) is 0. The highest BCUT2D eigenvalue weighted by Gasteiger charge is 2.21. The van der Waals surface area contributed by atoms with Crippen LogP contribution in [0.15, 0.2) is 12.1 Å². The quantitative estimate of drug-likeness (QED) is 0.838. The first-order chi connectivity index (χ1) is 9.69. The summed E-state index contributed by atoms with van der Waals surface area (Å²) >= 11 is 6.21. The fourth-order valence-electron chi connectivity index (χ4n) is 3.01. The molecule has 1 aromatic rings. The Morgan fingerprint density at radius 1 is 1.35 bits per heavy atom. The highest BCUT2D eigenvalue weighted by Crippen LogP contribution is 2.34. The minimum Gasteiger partial charge on any atom is -0.493 e. The Labute approximate surface area is 126 Å². The van der Waals surface area contributed by atoms with Crippen LogP contribution in [0.4, 0.5) is 0 Å². The predicted octanol–water partition coefficient (Wildman–Crippen LogP) is 3.26. The van der Waals surface area contributed by atoms with Crippen molar-refractivity contribution in [2.75, 3.05) is 19.8 Å². The number of benzene rings is 1. The normalized spacial score (nSPS) is 13.9. The summed E-state index contributed by atoms with van der Waals surface area (Å²) in [5, 5.41) is 10.1. The summed E-state index contributed by atoms with van der Waals surface area (Å²) < 4.78 is 5.76. The zero-order chi connectivity index (χ0) is 14.5. The number of rotatable bonds is 7. The lowest BCUT2D eigenvalue weighted by Crippen LogP contribution is -2.36. The monoisotopic (exact) mass is 297 g/mol. The van der Waals surface area contributed by atoms with Crippen LogP contribution in [0.1, 0.15) is 37.8 Å². The van der Waals surface area contributed by atoms with Gasteiger partial charge in [0.15, 0.2) is 0 Å². The van der Waals surface area contributed by atoms with Gasteiger partial charge in [0.25, 0.3) is 0 Å². The van der Waals surface area contributed by atoms with Gasteiger partial charge >= 0.3 is 0 Å². The third-order valence-electron chi connectivity index (χ3n) is 4.04. The van der Waals surface area contributed by atoms with E-state index in [2.05, 4.69) is 18.7 Å². The van der Waals surface area contributed by atoms with Gasteiger partial charge in [-0.3, -0.25) is 4.90 Å². The zero-order valence-corrected chi connectivity index (χ0v) is 13.1. The second kappa shape index (κ2) is 7.30. The largest absolute Gasteiger partial charge is 0.493 e. The number of ether oxygens (including phenoxy) is 1. The van der Waals surface area contributed by atoms with Crippen molar-refractivity contribution in [2.24, 2.45) is 0 Å². The van der Waals surface area contributed by atoms with Gasteiger partial charge in [-0.25, -0.2) is 0 Å². The fraction of sp³-hybridized carbons (Fsp3) is 0.625. The molecule has 1 aromatic carbocycles. The molecule has 20 heavy (non-hydrogen) atoms. The van der Waals surface area contributed by atoms with Crippen LogP contribution in [0.2, 0.25) is 5.02 Å². The molecule has 1 aliphatic rings. The van der Waals surface area contributed by atoms with Gasteiger partial charge in [-0.15, -0.1) is 0 Å². The summed E-state index contributed by atoms with van der Waals surface area (Å²) in [5.41, 5.74) is 2.35. The molecule has 1 heterocycles. The van der Waals surface area contributed by atoms with Crippen LogP contribution in [0.3, 0.4) is 0 Å².